The summed E-state index contributed by atoms with van der Waals surface area (Å²) in [6.07, 6.45) is 0. The van der Waals surface area contributed by atoms with Gasteiger partial charge in [0.2, 0.25) is 0 Å². The molecule has 0 aliphatic rings. The fourth-order valence-corrected chi connectivity index (χ4v) is 2.14. The summed E-state index contributed by atoms with van der Waals surface area (Å²) in [7, 11) is 0. The number of para-hydroxylation sites is 1. The molecule has 21 heavy (non-hydrogen) atoms. The van der Waals surface area contributed by atoms with Gasteiger partial charge in [-0.3, -0.25) is 0 Å². The maximum absolute atomic E-state index is 13.1. The SMILES string of the molecule is CC(Nc1ccc(F)c(Cl)c1)c1ccccc1OC(F)F. The largest absolute Gasteiger partial charge is 0.434 e. The lowest BCUT2D eigenvalue weighted by Crippen LogP contribution is -2.11. The van der Waals surface area contributed by atoms with Crippen LogP contribution in [0.2, 0.25) is 5.02 Å². The van der Waals surface area contributed by atoms with Crippen LogP contribution in [0.5, 0.6) is 5.75 Å². The minimum Gasteiger partial charge on any atom is -0.434 e. The molecule has 0 saturated heterocycles. The normalized spacial score (nSPS) is 12.3. The number of alkyl halides is 2. The van der Waals surface area contributed by atoms with Gasteiger partial charge in [0.15, 0.2) is 0 Å². The Morgan fingerprint density at radius 1 is 1.14 bits per heavy atom. The van der Waals surface area contributed by atoms with E-state index in [2.05, 4.69) is 10.1 Å². The zero-order valence-electron chi connectivity index (χ0n) is 11.1. The molecule has 1 unspecified atom stereocenters. The number of hydrogen-bond acceptors (Lipinski definition) is 2. The molecule has 2 nitrogen and oxygen atoms in total. The first-order chi connectivity index (χ1) is 9.97. The summed E-state index contributed by atoms with van der Waals surface area (Å²) in [5.74, 6) is -0.419. The lowest BCUT2D eigenvalue weighted by Gasteiger charge is -2.19. The van der Waals surface area contributed by atoms with Gasteiger partial charge in [-0.05, 0) is 31.2 Å². The predicted octanol–water partition coefficient (Wildman–Crippen LogP) is 5.25. The van der Waals surface area contributed by atoms with E-state index in [1.54, 1.807) is 25.1 Å². The van der Waals surface area contributed by atoms with Gasteiger partial charge in [0.25, 0.3) is 0 Å². The molecule has 0 saturated carbocycles. The highest BCUT2D eigenvalue weighted by molar-refractivity contribution is 6.31. The van der Waals surface area contributed by atoms with Crippen molar-refractivity contribution in [1.82, 2.24) is 0 Å². The topological polar surface area (TPSA) is 21.3 Å². The van der Waals surface area contributed by atoms with E-state index in [0.29, 0.717) is 11.3 Å². The van der Waals surface area contributed by atoms with Crippen molar-refractivity contribution in [1.29, 1.82) is 0 Å². The molecule has 0 aliphatic carbocycles. The smallest absolute Gasteiger partial charge is 0.387 e. The number of rotatable bonds is 5. The summed E-state index contributed by atoms with van der Waals surface area (Å²) in [5.41, 5.74) is 1.15. The molecule has 0 spiro atoms. The van der Waals surface area contributed by atoms with Crippen molar-refractivity contribution in [2.75, 3.05) is 5.32 Å². The van der Waals surface area contributed by atoms with Crippen LogP contribution in [0.3, 0.4) is 0 Å². The van der Waals surface area contributed by atoms with E-state index in [4.69, 9.17) is 11.6 Å². The van der Waals surface area contributed by atoms with Crippen LogP contribution in [0.25, 0.3) is 0 Å². The van der Waals surface area contributed by atoms with Crippen molar-refractivity contribution in [2.24, 2.45) is 0 Å². The van der Waals surface area contributed by atoms with Gasteiger partial charge in [0.05, 0.1) is 11.1 Å². The van der Waals surface area contributed by atoms with E-state index in [-0.39, 0.29) is 16.8 Å². The number of anilines is 1. The fourth-order valence-electron chi connectivity index (χ4n) is 1.96. The second kappa shape index (κ2) is 6.72. The van der Waals surface area contributed by atoms with Crippen molar-refractivity contribution in [3.63, 3.8) is 0 Å². The third-order valence-electron chi connectivity index (χ3n) is 2.90. The van der Waals surface area contributed by atoms with Crippen LogP contribution < -0.4 is 10.1 Å². The zero-order chi connectivity index (χ0) is 15.4. The van der Waals surface area contributed by atoms with Gasteiger partial charge in [0, 0.05) is 11.3 Å². The molecule has 2 aromatic carbocycles. The van der Waals surface area contributed by atoms with E-state index in [1.165, 1.54) is 24.3 Å². The van der Waals surface area contributed by atoms with Crippen LogP contribution in [0.1, 0.15) is 18.5 Å². The van der Waals surface area contributed by atoms with E-state index in [0.717, 1.165) is 0 Å². The molecule has 0 radical (unpaired) electrons. The second-order valence-electron chi connectivity index (χ2n) is 4.41. The van der Waals surface area contributed by atoms with Crippen LogP contribution in [0, 0.1) is 5.82 Å². The van der Waals surface area contributed by atoms with Crippen molar-refractivity contribution in [3.05, 3.63) is 58.9 Å². The Labute approximate surface area is 125 Å². The Morgan fingerprint density at radius 3 is 2.52 bits per heavy atom. The van der Waals surface area contributed by atoms with E-state index >= 15 is 0 Å². The Morgan fingerprint density at radius 2 is 1.86 bits per heavy atom. The van der Waals surface area contributed by atoms with Gasteiger partial charge in [-0.15, -0.1) is 0 Å². The Kier molecular flexibility index (Phi) is 4.96. The Bertz CT molecular complexity index is 622. The van der Waals surface area contributed by atoms with Crippen LogP contribution in [-0.4, -0.2) is 6.61 Å². The third kappa shape index (κ3) is 4.04. The van der Waals surface area contributed by atoms with Crippen LogP contribution in [-0.2, 0) is 0 Å². The number of benzene rings is 2. The van der Waals surface area contributed by atoms with Crippen molar-refractivity contribution < 1.29 is 17.9 Å². The molecule has 0 aliphatic heterocycles. The molecule has 0 fully saturated rings. The van der Waals surface area contributed by atoms with Crippen LogP contribution >= 0.6 is 11.6 Å². The maximum Gasteiger partial charge on any atom is 0.387 e. The average Bonchev–Trinajstić information content (AvgIpc) is 2.43. The van der Waals surface area contributed by atoms with E-state index in [1.807, 2.05) is 0 Å². The summed E-state index contributed by atoms with van der Waals surface area (Å²) < 4.78 is 42.4. The molecule has 0 amide bonds. The highest BCUT2D eigenvalue weighted by atomic mass is 35.5. The lowest BCUT2D eigenvalue weighted by atomic mass is 10.1. The maximum atomic E-state index is 13.1. The summed E-state index contributed by atoms with van der Waals surface area (Å²) in [6, 6.07) is 10.4. The van der Waals surface area contributed by atoms with Crippen molar-refractivity contribution in [2.45, 2.75) is 19.6 Å². The Hall–Kier alpha value is -1.88. The van der Waals surface area contributed by atoms with E-state index in [9.17, 15) is 13.2 Å². The first-order valence-corrected chi connectivity index (χ1v) is 6.60. The molecule has 2 aromatic rings. The highest BCUT2D eigenvalue weighted by Crippen LogP contribution is 2.29. The van der Waals surface area contributed by atoms with Crippen molar-refractivity contribution in [3.8, 4) is 5.75 Å². The van der Waals surface area contributed by atoms with Gasteiger partial charge >= 0.3 is 6.61 Å². The molecule has 6 heteroatoms. The zero-order valence-corrected chi connectivity index (χ0v) is 11.9. The predicted molar refractivity (Wildman–Crippen MR) is 76.5 cm³/mol. The van der Waals surface area contributed by atoms with Gasteiger partial charge in [-0.25, -0.2) is 4.39 Å². The monoisotopic (exact) mass is 315 g/mol. The minimum atomic E-state index is -2.89. The van der Waals surface area contributed by atoms with Gasteiger partial charge in [-0.1, -0.05) is 29.8 Å². The third-order valence-corrected chi connectivity index (χ3v) is 3.19. The molecular formula is C15H13ClF3NO. The average molecular weight is 316 g/mol. The van der Waals surface area contributed by atoms with Gasteiger partial charge in [0.1, 0.15) is 11.6 Å². The number of halogens is 4. The van der Waals surface area contributed by atoms with Gasteiger partial charge in [-0.2, -0.15) is 8.78 Å². The number of ether oxygens (including phenoxy) is 1. The van der Waals surface area contributed by atoms with E-state index < -0.39 is 12.4 Å². The number of hydrogen-bond donors (Lipinski definition) is 1. The van der Waals surface area contributed by atoms with Crippen LogP contribution in [0.15, 0.2) is 42.5 Å². The molecule has 2 rings (SSSR count). The summed E-state index contributed by atoms with van der Waals surface area (Å²) in [6.45, 7) is -1.11. The molecule has 0 aromatic heterocycles. The molecule has 1 N–H and O–H groups in total. The highest BCUT2D eigenvalue weighted by Gasteiger charge is 2.14. The quantitative estimate of drug-likeness (QED) is 0.813. The van der Waals surface area contributed by atoms with Gasteiger partial charge < -0.3 is 10.1 Å². The molecule has 112 valence electrons. The summed E-state index contributed by atoms with van der Waals surface area (Å²) in [4.78, 5) is 0. The minimum absolute atomic E-state index is 0.00989. The first-order valence-electron chi connectivity index (χ1n) is 6.22. The van der Waals surface area contributed by atoms with Crippen molar-refractivity contribution >= 4 is 17.3 Å². The molecule has 1 atom stereocenters. The summed E-state index contributed by atoms with van der Waals surface area (Å²) >= 11 is 5.70. The molecule has 0 bridgehead atoms. The first kappa shape index (κ1) is 15.5. The number of nitrogens with one attached hydrogen (secondary N) is 1. The second-order valence-corrected chi connectivity index (χ2v) is 4.82. The van der Waals surface area contributed by atoms with Crippen LogP contribution in [0.4, 0.5) is 18.9 Å². The Balaban J connectivity index is 2.19. The fraction of sp³-hybridized carbons (Fsp3) is 0.200. The molecular weight excluding hydrogens is 303 g/mol. The lowest BCUT2D eigenvalue weighted by molar-refractivity contribution is -0.0505. The standard InChI is InChI=1S/C15H13ClF3NO/c1-9(20-10-6-7-13(17)12(16)8-10)11-4-2-3-5-14(11)21-15(18)19/h2-9,15,20H,1H3. The molecule has 0 heterocycles. The summed E-state index contributed by atoms with van der Waals surface area (Å²) in [5, 5.41) is 3.05.